The minimum absolute atomic E-state index is 0.0735. The average molecular weight is 185 g/mol. The summed E-state index contributed by atoms with van der Waals surface area (Å²) in [6, 6.07) is 1.37. The number of pyridine rings is 1. The monoisotopic (exact) mass is 185 g/mol. The smallest absolute Gasteiger partial charge is 0.263 e. The molecule has 0 aliphatic rings. The van der Waals surface area contributed by atoms with Gasteiger partial charge in [-0.15, -0.1) is 0 Å². The summed E-state index contributed by atoms with van der Waals surface area (Å²) in [5.74, 6) is 0. The number of nitro groups is 1. The number of nitrogens with zero attached hydrogens (tertiary/aromatic N) is 2. The third-order valence-corrected chi connectivity index (χ3v) is 1.91. The minimum Gasteiger partial charge on any atom is -0.263 e. The predicted molar refractivity (Wildman–Crippen MR) is 45.8 cm³/mol. The molecule has 1 N–H and O–H groups in total. The van der Waals surface area contributed by atoms with Crippen molar-refractivity contribution in [2.24, 2.45) is 0 Å². The summed E-state index contributed by atoms with van der Waals surface area (Å²) in [4.78, 5) is 14.3. The highest BCUT2D eigenvalue weighted by molar-refractivity contribution is 7.97. The summed E-state index contributed by atoms with van der Waals surface area (Å²) in [5, 5.41) is 10.4. The van der Waals surface area contributed by atoms with E-state index in [0.29, 0.717) is 4.90 Å². The van der Waals surface area contributed by atoms with Crippen LogP contribution < -0.4 is 4.72 Å². The maximum absolute atomic E-state index is 10.4. The molecule has 12 heavy (non-hydrogen) atoms. The molecular formula is C6H7N3O2S. The topological polar surface area (TPSA) is 68.1 Å². The molecule has 0 aliphatic heterocycles. The van der Waals surface area contributed by atoms with Gasteiger partial charge in [-0.1, -0.05) is 0 Å². The molecule has 5 nitrogen and oxygen atoms in total. The molecule has 0 radical (unpaired) electrons. The van der Waals surface area contributed by atoms with Crippen molar-refractivity contribution in [2.45, 2.75) is 4.90 Å². The van der Waals surface area contributed by atoms with Crippen molar-refractivity contribution in [1.82, 2.24) is 9.71 Å². The van der Waals surface area contributed by atoms with E-state index in [2.05, 4.69) is 9.71 Å². The fourth-order valence-corrected chi connectivity index (χ4v) is 1.29. The number of rotatable bonds is 3. The van der Waals surface area contributed by atoms with Gasteiger partial charge in [0.15, 0.2) is 0 Å². The van der Waals surface area contributed by atoms with Gasteiger partial charge in [-0.2, -0.15) is 0 Å². The summed E-state index contributed by atoms with van der Waals surface area (Å²) in [7, 11) is 1.70. The number of hydrogen-bond donors (Lipinski definition) is 1. The minimum atomic E-state index is -0.429. The van der Waals surface area contributed by atoms with E-state index < -0.39 is 4.92 Å². The first-order valence-electron chi connectivity index (χ1n) is 3.17. The van der Waals surface area contributed by atoms with Gasteiger partial charge in [0.2, 0.25) is 0 Å². The van der Waals surface area contributed by atoms with E-state index in [1.54, 1.807) is 7.05 Å². The molecule has 0 atom stereocenters. The SMILES string of the molecule is CNSc1cnccc1[N+](=O)[O-]. The van der Waals surface area contributed by atoms with E-state index in [4.69, 9.17) is 0 Å². The standard InChI is InChI=1S/C6H7N3O2S/c1-7-12-6-4-8-3-2-5(6)9(10)11/h2-4,7H,1H3. The highest BCUT2D eigenvalue weighted by atomic mass is 32.2. The molecule has 0 aliphatic carbocycles. The molecule has 0 bridgehead atoms. The van der Waals surface area contributed by atoms with E-state index >= 15 is 0 Å². The molecule has 0 spiro atoms. The van der Waals surface area contributed by atoms with Crippen LogP contribution in [-0.4, -0.2) is 17.0 Å². The molecule has 0 amide bonds. The zero-order valence-corrected chi connectivity index (χ0v) is 7.17. The lowest BCUT2D eigenvalue weighted by Crippen LogP contribution is -1.96. The van der Waals surface area contributed by atoms with Crippen molar-refractivity contribution in [3.63, 3.8) is 0 Å². The summed E-state index contributed by atoms with van der Waals surface area (Å²) in [6.07, 6.45) is 2.86. The van der Waals surface area contributed by atoms with E-state index in [9.17, 15) is 10.1 Å². The zero-order valence-electron chi connectivity index (χ0n) is 6.35. The van der Waals surface area contributed by atoms with Gasteiger partial charge >= 0.3 is 0 Å². The molecule has 6 heteroatoms. The third-order valence-electron chi connectivity index (χ3n) is 1.17. The van der Waals surface area contributed by atoms with Crippen molar-refractivity contribution in [1.29, 1.82) is 0 Å². The Morgan fingerprint density at radius 2 is 2.50 bits per heavy atom. The Labute approximate surface area is 73.5 Å². The maximum Gasteiger partial charge on any atom is 0.287 e. The Kier molecular flexibility index (Phi) is 3.01. The highest BCUT2D eigenvalue weighted by Gasteiger charge is 2.12. The first kappa shape index (κ1) is 8.95. The lowest BCUT2D eigenvalue weighted by atomic mass is 10.4. The Bertz CT molecular complexity index is 292. The molecule has 0 aromatic carbocycles. The van der Waals surface area contributed by atoms with Crippen molar-refractivity contribution < 1.29 is 4.92 Å². The molecule has 0 saturated carbocycles. The number of nitrogens with one attached hydrogen (secondary N) is 1. The predicted octanol–water partition coefficient (Wildman–Crippen LogP) is 1.22. The summed E-state index contributed by atoms with van der Waals surface area (Å²) in [5.41, 5.74) is 0.0735. The van der Waals surface area contributed by atoms with Crippen LogP contribution in [0.2, 0.25) is 0 Å². The van der Waals surface area contributed by atoms with Crippen molar-refractivity contribution in [3.8, 4) is 0 Å². The van der Waals surface area contributed by atoms with Gasteiger partial charge in [-0.05, 0) is 19.0 Å². The van der Waals surface area contributed by atoms with Gasteiger partial charge in [0.1, 0.15) is 4.90 Å². The molecule has 1 aromatic rings. The average Bonchev–Trinajstić information content (AvgIpc) is 2.05. The lowest BCUT2D eigenvalue weighted by Gasteiger charge is -1.98. The van der Waals surface area contributed by atoms with Crippen molar-refractivity contribution in [3.05, 3.63) is 28.6 Å². The van der Waals surface area contributed by atoms with Crippen LogP contribution in [0.3, 0.4) is 0 Å². The van der Waals surface area contributed by atoms with Crippen LogP contribution in [0, 0.1) is 10.1 Å². The molecular weight excluding hydrogens is 178 g/mol. The van der Waals surface area contributed by atoms with Crippen molar-refractivity contribution >= 4 is 17.6 Å². The van der Waals surface area contributed by atoms with Crippen LogP contribution in [-0.2, 0) is 0 Å². The summed E-state index contributed by atoms with van der Waals surface area (Å²) >= 11 is 1.18. The van der Waals surface area contributed by atoms with Crippen LogP contribution in [0.15, 0.2) is 23.4 Å². The normalized spacial score (nSPS) is 9.75. The van der Waals surface area contributed by atoms with Crippen LogP contribution in [0.5, 0.6) is 0 Å². The Hall–Kier alpha value is -1.14. The van der Waals surface area contributed by atoms with Gasteiger partial charge < -0.3 is 0 Å². The van der Waals surface area contributed by atoms with Crippen LogP contribution >= 0.6 is 11.9 Å². The van der Waals surface area contributed by atoms with Gasteiger partial charge in [-0.25, -0.2) is 0 Å². The first-order valence-corrected chi connectivity index (χ1v) is 3.99. The van der Waals surface area contributed by atoms with E-state index in [-0.39, 0.29) is 5.69 Å². The van der Waals surface area contributed by atoms with Crippen LogP contribution in [0.25, 0.3) is 0 Å². The van der Waals surface area contributed by atoms with Crippen LogP contribution in [0.4, 0.5) is 5.69 Å². The quantitative estimate of drug-likeness (QED) is 0.435. The molecule has 0 saturated heterocycles. The van der Waals surface area contributed by atoms with Crippen LogP contribution in [0.1, 0.15) is 0 Å². The molecule has 1 aromatic heterocycles. The van der Waals surface area contributed by atoms with Gasteiger partial charge in [0, 0.05) is 18.5 Å². The second-order valence-electron chi connectivity index (χ2n) is 1.91. The van der Waals surface area contributed by atoms with E-state index in [0.717, 1.165) is 0 Å². The largest absolute Gasteiger partial charge is 0.287 e. The highest BCUT2D eigenvalue weighted by Crippen LogP contribution is 2.24. The second-order valence-corrected chi connectivity index (χ2v) is 2.96. The molecule has 0 unspecified atom stereocenters. The van der Waals surface area contributed by atoms with Gasteiger partial charge in [0.05, 0.1) is 4.92 Å². The fraction of sp³-hybridized carbons (Fsp3) is 0.167. The Morgan fingerprint density at radius 1 is 1.75 bits per heavy atom. The van der Waals surface area contributed by atoms with E-state index in [1.807, 2.05) is 0 Å². The Morgan fingerprint density at radius 3 is 3.08 bits per heavy atom. The first-order chi connectivity index (χ1) is 5.75. The fourth-order valence-electron chi connectivity index (χ4n) is 0.712. The number of aromatic nitrogens is 1. The molecule has 0 fully saturated rings. The number of hydrogen-bond acceptors (Lipinski definition) is 5. The van der Waals surface area contributed by atoms with Gasteiger partial charge in [0.25, 0.3) is 5.69 Å². The molecule has 64 valence electrons. The summed E-state index contributed by atoms with van der Waals surface area (Å²) in [6.45, 7) is 0. The maximum atomic E-state index is 10.4. The summed E-state index contributed by atoms with van der Waals surface area (Å²) < 4.78 is 2.75. The third kappa shape index (κ3) is 1.93. The zero-order chi connectivity index (χ0) is 8.97. The second kappa shape index (κ2) is 4.03. The van der Waals surface area contributed by atoms with Crippen molar-refractivity contribution in [2.75, 3.05) is 7.05 Å². The molecule has 1 rings (SSSR count). The van der Waals surface area contributed by atoms with E-state index in [1.165, 1.54) is 30.4 Å². The Balaban J connectivity index is 3.00. The van der Waals surface area contributed by atoms with Gasteiger partial charge in [-0.3, -0.25) is 19.8 Å². The lowest BCUT2D eigenvalue weighted by molar-refractivity contribution is -0.387. The molecule has 1 heterocycles.